The fraction of sp³-hybridized carbons (Fsp3) is 0.412. The summed E-state index contributed by atoms with van der Waals surface area (Å²) in [5, 5.41) is 2.98. The lowest BCUT2D eigenvalue weighted by Crippen LogP contribution is -2.50. The number of nitrogens with one attached hydrogen (secondary N) is 1. The van der Waals surface area contributed by atoms with E-state index in [-0.39, 0.29) is 5.56 Å². The molecule has 0 amide bonds. The van der Waals surface area contributed by atoms with E-state index in [1.54, 1.807) is 29.5 Å². The molecule has 3 aromatic rings. The highest BCUT2D eigenvalue weighted by molar-refractivity contribution is 5.44. The number of hydrogen-bond donors (Lipinski definition) is 1. The van der Waals surface area contributed by atoms with E-state index in [2.05, 4.69) is 29.9 Å². The van der Waals surface area contributed by atoms with Crippen LogP contribution in [0.15, 0.2) is 42.1 Å². The van der Waals surface area contributed by atoms with Crippen LogP contribution in [-0.4, -0.2) is 66.4 Å². The molecule has 5 heterocycles. The van der Waals surface area contributed by atoms with Gasteiger partial charge in [0.2, 0.25) is 0 Å². The number of rotatable bonds is 3. The van der Waals surface area contributed by atoms with E-state index < -0.39 is 0 Å². The predicted octanol–water partition coefficient (Wildman–Crippen LogP) is 0.426. The van der Waals surface area contributed by atoms with Gasteiger partial charge in [-0.05, 0) is 19.4 Å². The van der Waals surface area contributed by atoms with Crippen molar-refractivity contribution in [3.63, 3.8) is 0 Å². The average Bonchev–Trinajstić information content (AvgIpc) is 3.41. The van der Waals surface area contributed by atoms with Gasteiger partial charge in [-0.3, -0.25) is 19.4 Å². The van der Waals surface area contributed by atoms with Crippen LogP contribution in [0, 0.1) is 0 Å². The molecule has 2 aliphatic heterocycles. The van der Waals surface area contributed by atoms with Crippen molar-refractivity contribution in [2.45, 2.75) is 18.9 Å². The highest BCUT2D eigenvalue weighted by Crippen LogP contribution is 2.24. The molecule has 9 nitrogen and oxygen atoms in total. The Hall–Kier alpha value is -2.94. The summed E-state index contributed by atoms with van der Waals surface area (Å²) >= 11 is 0. The quantitative estimate of drug-likeness (QED) is 0.735. The molecule has 0 radical (unpaired) electrons. The van der Waals surface area contributed by atoms with Gasteiger partial charge < -0.3 is 4.90 Å². The third-order valence-electron chi connectivity index (χ3n) is 5.31. The van der Waals surface area contributed by atoms with Crippen molar-refractivity contribution in [3.8, 4) is 11.5 Å². The topological polar surface area (TPSA) is 87.9 Å². The summed E-state index contributed by atoms with van der Waals surface area (Å²) in [4.78, 5) is 30.3. The second kappa shape index (κ2) is 6.10. The molecule has 0 spiro atoms. The van der Waals surface area contributed by atoms with E-state index in [1.165, 1.54) is 30.4 Å². The molecule has 26 heavy (non-hydrogen) atoms. The Labute approximate surface area is 149 Å². The maximum absolute atomic E-state index is 12.7. The number of imidazole rings is 1. The Morgan fingerprint density at radius 1 is 1.15 bits per heavy atom. The zero-order chi connectivity index (χ0) is 17.5. The van der Waals surface area contributed by atoms with Gasteiger partial charge in [-0.25, -0.2) is 15.0 Å². The fourth-order valence-corrected chi connectivity index (χ4v) is 3.95. The standard InChI is InChI=1S/C17H20N8O/c26-17-14(24-5-3-18-12-24)9-21-25(17)16-8-15(19-11-20-16)23-7-6-22-4-1-2-13(22)10-23/h3,5,8-9,11-13,21H,1-2,4,6-7,10H2. The van der Waals surface area contributed by atoms with Crippen molar-refractivity contribution in [2.24, 2.45) is 0 Å². The Bertz CT molecular complexity index is 959. The van der Waals surface area contributed by atoms with Crippen LogP contribution in [0.25, 0.3) is 11.5 Å². The molecular formula is C17H20N8O. The first-order valence-electron chi connectivity index (χ1n) is 8.90. The van der Waals surface area contributed by atoms with Crippen molar-refractivity contribution in [1.82, 2.24) is 34.2 Å². The maximum Gasteiger partial charge on any atom is 0.296 e. The SMILES string of the molecule is O=c1c(-n2ccnc2)c[nH]n1-c1cc(N2CCN3CCCC3C2)ncn1. The number of piperazine rings is 1. The van der Waals surface area contributed by atoms with Gasteiger partial charge in [-0.2, -0.15) is 4.68 Å². The van der Waals surface area contributed by atoms with Gasteiger partial charge in [0.15, 0.2) is 5.82 Å². The van der Waals surface area contributed by atoms with Crippen LogP contribution in [-0.2, 0) is 0 Å². The number of fused-ring (bicyclic) bond motifs is 1. The summed E-state index contributed by atoms with van der Waals surface area (Å²) in [5.74, 6) is 1.41. The van der Waals surface area contributed by atoms with Crippen LogP contribution >= 0.6 is 0 Å². The summed E-state index contributed by atoms with van der Waals surface area (Å²) in [6.45, 7) is 4.21. The molecule has 1 N–H and O–H groups in total. The third kappa shape index (κ3) is 2.51. The Kier molecular flexibility index (Phi) is 3.59. The molecule has 3 aromatic heterocycles. The predicted molar refractivity (Wildman–Crippen MR) is 95.9 cm³/mol. The second-order valence-corrected chi connectivity index (χ2v) is 6.78. The first-order valence-corrected chi connectivity index (χ1v) is 8.90. The molecule has 0 aliphatic carbocycles. The summed E-state index contributed by atoms with van der Waals surface area (Å²) in [5.41, 5.74) is 0.329. The number of anilines is 1. The average molecular weight is 352 g/mol. The molecule has 1 unspecified atom stereocenters. The smallest absolute Gasteiger partial charge is 0.296 e. The molecule has 0 aromatic carbocycles. The second-order valence-electron chi connectivity index (χ2n) is 6.78. The number of nitrogens with zero attached hydrogens (tertiary/aromatic N) is 7. The van der Waals surface area contributed by atoms with Crippen LogP contribution in [0.1, 0.15) is 12.8 Å². The van der Waals surface area contributed by atoms with Gasteiger partial charge in [0.1, 0.15) is 17.8 Å². The van der Waals surface area contributed by atoms with Crippen LogP contribution in [0.5, 0.6) is 0 Å². The molecule has 1 atom stereocenters. The lowest BCUT2D eigenvalue weighted by molar-refractivity contribution is 0.230. The molecule has 2 fully saturated rings. The van der Waals surface area contributed by atoms with E-state index in [0.29, 0.717) is 17.5 Å². The largest absolute Gasteiger partial charge is 0.354 e. The van der Waals surface area contributed by atoms with Crippen molar-refractivity contribution in [3.05, 3.63) is 47.7 Å². The fourth-order valence-electron chi connectivity index (χ4n) is 3.95. The Morgan fingerprint density at radius 3 is 2.96 bits per heavy atom. The number of hydrogen-bond acceptors (Lipinski definition) is 6. The third-order valence-corrected chi connectivity index (χ3v) is 5.31. The highest BCUT2D eigenvalue weighted by Gasteiger charge is 2.31. The van der Waals surface area contributed by atoms with Crippen molar-refractivity contribution < 1.29 is 0 Å². The normalized spacial score (nSPS) is 20.5. The minimum atomic E-state index is -0.173. The molecule has 0 saturated carbocycles. The van der Waals surface area contributed by atoms with Crippen LogP contribution in [0.4, 0.5) is 5.82 Å². The zero-order valence-corrected chi connectivity index (χ0v) is 14.3. The molecule has 9 heteroatoms. The van der Waals surface area contributed by atoms with E-state index in [1.807, 2.05) is 6.07 Å². The van der Waals surface area contributed by atoms with E-state index >= 15 is 0 Å². The molecule has 2 aliphatic rings. The minimum Gasteiger partial charge on any atom is -0.354 e. The Balaban J connectivity index is 1.45. The molecule has 5 rings (SSSR count). The van der Waals surface area contributed by atoms with E-state index in [0.717, 1.165) is 25.5 Å². The van der Waals surface area contributed by atoms with Gasteiger partial charge in [-0.1, -0.05) is 0 Å². The molecular weight excluding hydrogens is 332 g/mol. The minimum absolute atomic E-state index is 0.173. The van der Waals surface area contributed by atoms with Crippen LogP contribution < -0.4 is 10.5 Å². The summed E-state index contributed by atoms with van der Waals surface area (Å²) < 4.78 is 3.11. The number of aromatic amines is 1. The van der Waals surface area contributed by atoms with Crippen molar-refractivity contribution in [2.75, 3.05) is 31.1 Å². The zero-order valence-electron chi connectivity index (χ0n) is 14.3. The van der Waals surface area contributed by atoms with Gasteiger partial charge in [0.05, 0.1) is 6.33 Å². The van der Waals surface area contributed by atoms with Gasteiger partial charge >= 0.3 is 0 Å². The van der Waals surface area contributed by atoms with Gasteiger partial charge in [0, 0.05) is 50.3 Å². The maximum atomic E-state index is 12.7. The monoisotopic (exact) mass is 352 g/mol. The Morgan fingerprint density at radius 2 is 2.08 bits per heavy atom. The van der Waals surface area contributed by atoms with Crippen LogP contribution in [0.3, 0.4) is 0 Å². The lowest BCUT2D eigenvalue weighted by atomic mass is 10.1. The van der Waals surface area contributed by atoms with Gasteiger partial charge in [-0.15, -0.1) is 0 Å². The summed E-state index contributed by atoms with van der Waals surface area (Å²) in [7, 11) is 0. The summed E-state index contributed by atoms with van der Waals surface area (Å²) in [6.07, 6.45) is 10.7. The molecule has 0 bridgehead atoms. The first-order chi connectivity index (χ1) is 12.8. The number of aromatic nitrogens is 6. The highest BCUT2D eigenvalue weighted by atomic mass is 16.1. The lowest BCUT2D eigenvalue weighted by Gasteiger charge is -2.38. The van der Waals surface area contributed by atoms with Crippen molar-refractivity contribution >= 4 is 5.82 Å². The summed E-state index contributed by atoms with van der Waals surface area (Å²) in [6, 6.07) is 2.49. The molecule has 2 saturated heterocycles. The first kappa shape index (κ1) is 15.3. The van der Waals surface area contributed by atoms with Crippen LogP contribution in [0.2, 0.25) is 0 Å². The number of H-pyrrole nitrogens is 1. The van der Waals surface area contributed by atoms with E-state index in [9.17, 15) is 4.79 Å². The molecule has 134 valence electrons. The van der Waals surface area contributed by atoms with Crippen molar-refractivity contribution in [1.29, 1.82) is 0 Å². The van der Waals surface area contributed by atoms with Gasteiger partial charge in [0.25, 0.3) is 5.56 Å². The van der Waals surface area contributed by atoms with E-state index in [4.69, 9.17) is 0 Å².